The zero-order valence-corrected chi connectivity index (χ0v) is 26.7. The summed E-state index contributed by atoms with van der Waals surface area (Å²) in [5, 5.41) is 3.50. The summed E-state index contributed by atoms with van der Waals surface area (Å²) in [6, 6.07) is 48.5. The fourth-order valence-corrected chi connectivity index (χ4v) is 6.95. The average Bonchev–Trinajstić information content (AvgIpc) is 3.43. The summed E-state index contributed by atoms with van der Waals surface area (Å²) in [5.41, 5.74) is 11.2. The molecule has 1 aliphatic rings. The molecule has 0 unspecified atom stereocenters. The first-order valence-electron chi connectivity index (χ1n) is 16.5. The van der Waals surface area contributed by atoms with E-state index in [9.17, 15) is 0 Å². The highest BCUT2D eigenvalue weighted by Crippen LogP contribution is 2.44. The normalized spacial score (nSPS) is 12.2. The molecule has 0 aliphatic heterocycles. The van der Waals surface area contributed by atoms with E-state index in [4.69, 9.17) is 15.0 Å². The van der Waals surface area contributed by atoms with E-state index in [-0.39, 0.29) is 0 Å². The van der Waals surface area contributed by atoms with Gasteiger partial charge >= 0.3 is 0 Å². The number of hydrogen-bond donors (Lipinski definition) is 0. The van der Waals surface area contributed by atoms with Crippen LogP contribution in [0.25, 0.3) is 84.2 Å². The molecule has 0 fully saturated rings. The average molecular weight is 627 g/mol. The first kappa shape index (κ1) is 28.7. The number of pyridine rings is 1. The summed E-state index contributed by atoms with van der Waals surface area (Å²) < 4.78 is 0. The zero-order chi connectivity index (χ0) is 32.6. The molecule has 49 heavy (non-hydrogen) atoms. The molecular weight excluding hydrogens is 597 g/mol. The van der Waals surface area contributed by atoms with Crippen LogP contribution in [-0.4, -0.2) is 19.9 Å². The van der Waals surface area contributed by atoms with Gasteiger partial charge in [0, 0.05) is 28.3 Å². The SMILES string of the molecule is C1=CCc2c(c(-c3cccc(-c4nc(-c5ccccc5)nc(-c5ccc6ncccc6c5)n4)c3)c3ccccc3c2-c2ccccc2)C=C1. The van der Waals surface area contributed by atoms with Crippen molar-refractivity contribution in [2.24, 2.45) is 0 Å². The highest BCUT2D eigenvalue weighted by Gasteiger charge is 2.21. The van der Waals surface area contributed by atoms with Crippen LogP contribution in [0, 0.1) is 0 Å². The van der Waals surface area contributed by atoms with Gasteiger partial charge in [-0.2, -0.15) is 0 Å². The molecule has 8 aromatic rings. The van der Waals surface area contributed by atoms with E-state index in [1.807, 2.05) is 54.7 Å². The van der Waals surface area contributed by atoms with E-state index >= 15 is 0 Å². The van der Waals surface area contributed by atoms with E-state index in [0.717, 1.165) is 39.6 Å². The Morgan fingerprint density at radius 2 is 1.08 bits per heavy atom. The second-order valence-electron chi connectivity index (χ2n) is 12.2. The Bertz CT molecular complexity index is 2570. The van der Waals surface area contributed by atoms with Crippen molar-refractivity contribution in [1.82, 2.24) is 19.9 Å². The summed E-state index contributed by atoms with van der Waals surface area (Å²) in [5.74, 6) is 1.89. The highest BCUT2D eigenvalue weighted by atomic mass is 15.0. The van der Waals surface area contributed by atoms with Gasteiger partial charge in [-0.3, -0.25) is 4.98 Å². The maximum atomic E-state index is 5.09. The predicted octanol–water partition coefficient (Wildman–Crippen LogP) is 11.0. The second kappa shape index (κ2) is 12.3. The summed E-state index contributed by atoms with van der Waals surface area (Å²) >= 11 is 0. The summed E-state index contributed by atoms with van der Waals surface area (Å²) in [7, 11) is 0. The Balaban J connectivity index is 1.26. The fourth-order valence-electron chi connectivity index (χ4n) is 6.95. The number of hydrogen-bond acceptors (Lipinski definition) is 4. The molecule has 6 aromatic carbocycles. The lowest BCUT2D eigenvalue weighted by atomic mass is 9.82. The largest absolute Gasteiger partial charge is 0.256 e. The lowest BCUT2D eigenvalue weighted by Crippen LogP contribution is -2.01. The minimum absolute atomic E-state index is 0.626. The molecule has 2 aromatic heterocycles. The molecule has 0 radical (unpaired) electrons. The molecule has 0 atom stereocenters. The fraction of sp³-hybridized carbons (Fsp3) is 0.0222. The molecule has 0 amide bonds. The molecule has 0 N–H and O–H groups in total. The van der Waals surface area contributed by atoms with Crippen molar-refractivity contribution < 1.29 is 0 Å². The monoisotopic (exact) mass is 626 g/mol. The van der Waals surface area contributed by atoms with E-state index in [1.165, 1.54) is 38.6 Å². The summed E-state index contributed by atoms with van der Waals surface area (Å²) in [4.78, 5) is 19.6. The molecule has 0 saturated heterocycles. The minimum atomic E-state index is 0.626. The highest BCUT2D eigenvalue weighted by molar-refractivity contribution is 6.10. The van der Waals surface area contributed by atoms with E-state index in [0.29, 0.717) is 17.5 Å². The van der Waals surface area contributed by atoms with Crippen LogP contribution in [0.5, 0.6) is 0 Å². The van der Waals surface area contributed by atoms with Crippen LogP contribution in [0.3, 0.4) is 0 Å². The molecule has 0 bridgehead atoms. The molecule has 0 saturated carbocycles. The van der Waals surface area contributed by atoms with Crippen LogP contribution in [0.1, 0.15) is 11.1 Å². The van der Waals surface area contributed by atoms with E-state index < -0.39 is 0 Å². The maximum Gasteiger partial charge on any atom is 0.164 e. The smallest absolute Gasteiger partial charge is 0.164 e. The second-order valence-corrected chi connectivity index (χ2v) is 12.2. The zero-order valence-electron chi connectivity index (χ0n) is 26.7. The Kier molecular flexibility index (Phi) is 7.17. The number of rotatable bonds is 5. The Morgan fingerprint density at radius 3 is 1.86 bits per heavy atom. The molecule has 2 heterocycles. The summed E-state index contributed by atoms with van der Waals surface area (Å²) in [6.45, 7) is 0. The van der Waals surface area contributed by atoms with Crippen LogP contribution in [0.15, 0.2) is 164 Å². The third-order valence-electron chi connectivity index (χ3n) is 9.19. The van der Waals surface area contributed by atoms with Crippen molar-refractivity contribution in [1.29, 1.82) is 0 Å². The van der Waals surface area contributed by atoms with Crippen LogP contribution in [-0.2, 0) is 6.42 Å². The van der Waals surface area contributed by atoms with Gasteiger partial charge in [-0.1, -0.05) is 133 Å². The van der Waals surface area contributed by atoms with Crippen LogP contribution in [0.4, 0.5) is 0 Å². The molecule has 230 valence electrons. The predicted molar refractivity (Wildman–Crippen MR) is 202 cm³/mol. The lowest BCUT2D eigenvalue weighted by molar-refractivity contribution is 1.07. The van der Waals surface area contributed by atoms with Crippen molar-refractivity contribution in [3.8, 4) is 56.4 Å². The molecule has 1 aliphatic carbocycles. The lowest BCUT2D eigenvalue weighted by Gasteiger charge is -2.21. The van der Waals surface area contributed by atoms with Gasteiger partial charge in [0.1, 0.15) is 0 Å². The van der Waals surface area contributed by atoms with Crippen molar-refractivity contribution in [3.05, 3.63) is 175 Å². The minimum Gasteiger partial charge on any atom is -0.256 e. The van der Waals surface area contributed by atoms with E-state index in [2.05, 4.69) is 120 Å². The summed E-state index contributed by atoms with van der Waals surface area (Å²) in [6.07, 6.45) is 11.5. The van der Waals surface area contributed by atoms with Gasteiger partial charge in [0.2, 0.25) is 0 Å². The quantitative estimate of drug-likeness (QED) is 0.191. The van der Waals surface area contributed by atoms with Crippen LogP contribution >= 0.6 is 0 Å². The number of allylic oxidation sites excluding steroid dienone is 3. The number of benzene rings is 6. The molecule has 0 spiro atoms. The number of fused-ring (bicyclic) bond motifs is 3. The van der Waals surface area contributed by atoms with Gasteiger partial charge in [-0.15, -0.1) is 0 Å². The molecule has 9 rings (SSSR count). The van der Waals surface area contributed by atoms with Gasteiger partial charge in [-0.25, -0.2) is 15.0 Å². The van der Waals surface area contributed by atoms with Gasteiger partial charge in [0.05, 0.1) is 5.52 Å². The maximum absolute atomic E-state index is 5.09. The van der Waals surface area contributed by atoms with Crippen LogP contribution < -0.4 is 0 Å². The standard InChI is InChI=1S/C45H30N4/c1-4-14-30(15-5-1)41-36-21-8-3-9-22-38(36)42(39-24-11-10-23-37(39)41)33-18-12-19-34(29-33)44-47-43(31-16-6-2-7-17-31)48-45(49-44)35-25-26-40-32(28-35)20-13-27-46-40/h1-20,22-29H,21H2. The van der Waals surface area contributed by atoms with E-state index in [1.54, 1.807) is 0 Å². The van der Waals surface area contributed by atoms with Crippen LogP contribution in [0.2, 0.25) is 0 Å². The Hall–Kier alpha value is -6.52. The third-order valence-corrected chi connectivity index (χ3v) is 9.19. The van der Waals surface area contributed by atoms with Crippen molar-refractivity contribution >= 4 is 27.8 Å². The Morgan fingerprint density at radius 1 is 0.449 bits per heavy atom. The van der Waals surface area contributed by atoms with Gasteiger partial charge < -0.3 is 0 Å². The molecule has 4 nitrogen and oxygen atoms in total. The first-order valence-corrected chi connectivity index (χ1v) is 16.5. The van der Waals surface area contributed by atoms with Crippen molar-refractivity contribution in [3.63, 3.8) is 0 Å². The topological polar surface area (TPSA) is 51.6 Å². The molecule has 4 heteroatoms. The van der Waals surface area contributed by atoms with Crippen molar-refractivity contribution in [2.75, 3.05) is 0 Å². The number of nitrogens with zero attached hydrogens (tertiary/aromatic N) is 4. The van der Waals surface area contributed by atoms with Gasteiger partial charge in [0.25, 0.3) is 0 Å². The Labute approximate surface area is 284 Å². The number of aromatic nitrogens is 4. The molecular formula is C45H30N4. The van der Waals surface area contributed by atoms with Gasteiger partial charge in [-0.05, 0) is 80.9 Å². The van der Waals surface area contributed by atoms with Gasteiger partial charge in [0.15, 0.2) is 17.5 Å². The van der Waals surface area contributed by atoms with Crippen molar-refractivity contribution in [2.45, 2.75) is 6.42 Å². The first-order chi connectivity index (χ1) is 24.3. The third kappa shape index (κ3) is 5.30.